The fourth-order valence-electron chi connectivity index (χ4n) is 2.27. The molecule has 13 N–H and O–H groups in total. The highest BCUT2D eigenvalue weighted by Gasteiger charge is 2.31. The zero-order valence-electron chi connectivity index (χ0n) is 17.0. The number of aliphatic hydroxyl groups is 1. The number of aliphatic imine (C=N–C) groups is 1. The van der Waals surface area contributed by atoms with Crippen molar-refractivity contribution in [3.63, 3.8) is 0 Å². The number of nitrogens with two attached hydrogens (primary N) is 4. The number of nitrogens with zero attached hydrogens (tertiary/aromatic N) is 1. The molecule has 15 nitrogen and oxygen atoms in total. The summed E-state index contributed by atoms with van der Waals surface area (Å²) in [5.74, 6) is -5.15. The number of primary amides is 1. The fourth-order valence-corrected chi connectivity index (χ4v) is 2.27. The van der Waals surface area contributed by atoms with Gasteiger partial charge in [0.1, 0.15) is 18.6 Å². The predicted molar refractivity (Wildman–Crippen MR) is 108 cm³/mol. The second-order valence-corrected chi connectivity index (χ2v) is 6.63. The van der Waals surface area contributed by atoms with Crippen LogP contribution in [0.15, 0.2) is 4.99 Å². The number of guanidine groups is 1. The van der Waals surface area contributed by atoms with Crippen molar-refractivity contribution < 1.29 is 34.2 Å². The molecule has 0 aromatic carbocycles. The molecule has 0 radical (unpaired) electrons. The zero-order chi connectivity index (χ0) is 24.1. The van der Waals surface area contributed by atoms with Crippen LogP contribution in [0.1, 0.15) is 26.2 Å². The lowest BCUT2D eigenvalue weighted by Gasteiger charge is -2.25. The molecule has 0 aliphatic carbocycles. The Morgan fingerprint density at radius 1 is 1.00 bits per heavy atom. The number of carbonyl (C=O) groups is 5. The third kappa shape index (κ3) is 12.0. The lowest BCUT2D eigenvalue weighted by Crippen LogP contribution is -2.59. The van der Waals surface area contributed by atoms with Crippen molar-refractivity contribution >= 4 is 35.6 Å². The molecular formula is C16H30N8O7. The second-order valence-electron chi connectivity index (χ2n) is 6.63. The van der Waals surface area contributed by atoms with Gasteiger partial charge >= 0.3 is 5.97 Å². The Hall–Kier alpha value is -3.46. The summed E-state index contributed by atoms with van der Waals surface area (Å²) in [6.45, 7) is 0.696. The number of nitrogens with one attached hydrogen (secondary N) is 3. The van der Waals surface area contributed by atoms with Gasteiger partial charge in [-0.3, -0.25) is 29.0 Å². The molecule has 176 valence electrons. The van der Waals surface area contributed by atoms with Crippen LogP contribution >= 0.6 is 0 Å². The summed E-state index contributed by atoms with van der Waals surface area (Å²) >= 11 is 0. The molecule has 0 aromatic rings. The van der Waals surface area contributed by atoms with E-state index >= 15 is 0 Å². The molecule has 4 amide bonds. The van der Waals surface area contributed by atoms with Gasteiger partial charge in [0.25, 0.3) is 0 Å². The highest BCUT2D eigenvalue weighted by Crippen LogP contribution is 2.01. The number of aliphatic carboxylic acids is 1. The first-order valence-electron chi connectivity index (χ1n) is 9.22. The minimum atomic E-state index is -1.52. The summed E-state index contributed by atoms with van der Waals surface area (Å²) in [4.78, 5) is 62.3. The molecule has 0 rings (SSSR count). The largest absolute Gasteiger partial charge is 0.480 e. The molecule has 0 bridgehead atoms. The van der Waals surface area contributed by atoms with E-state index in [4.69, 9.17) is 28.0 Å². The molecule has 0 heterocycles. The molecule has 0 saturated carbocycles. The Kier molecular flexibility index (Phi) is 12.2. The van der Waals surface area contributed by atoms with Crippen molar-refractivity contribution in [2.45, 2.75) is 50.4 Å². The topological polar surface area (TPSA) is 278 Å². The van der Waals surface area contributed by atoms with Gasteiger partial charge in [-0.15, -0.1) is 0 Å². The van der Waals surface area contributed by atoms with Crippen LogP contribution < -0.4 is 38.9 Å². The van der Waals surface area contributed by atoms with Crippen molar-refractivity contribution in [3.8, 4) is 0 Å². The van der Waals surface area contributed by atoms with Gasteiger partial charge in [-0.1, -0.05) is 0 Å². The first-order chi connectivity index (χ1) is 14.3. The van der Waals surface area contributed by atoms with Crippen molar-refractivity contribution in [1.82, 2.24) is 16.0 Å². The first kappa shape index (κ1) is 27.5. The molecule has 4 unspecified atom stereocenters. The summed E-state index contributed by atoms with van der Waals surface area (Å²) in [6, 6.07) is -4.07. The monoisotopic (exact) mass is 446 g/mol. The number of aliphatic hydroxyl groups excluding tert-OH is 1. The third-order valence-electron chi connectivity index (χ3n) is 3.82. The van der Waals surface area contributed by atoms with Crippen molar-refractivity contribution in [3.05, 3.63) is 0 Å². The van der Waals surface area contributed by atoms with Crippen LogP contribution in [-0.2, 0) is 24.0 Å². The number of carboxylic acid groups (broad SMARTS) is 1. The molecule has 0 saturated heterocycles. The van der Waals surface area contributed by atoms with Gasteiger partial charge in [0, 0.05) is 6.54 Å². The van der Waals surface area contributed by atoms with Crippen LogP contribution in [0.3, 0.4) is 0 Å². The summed E-state index contributed by atoms with van der Waals surface area (Å²) in [7, 11) is 0. The molecule has 4 atom stereocenters. The van der Waals surface area contributed by atoms with Gasteiger partial charge in [-0.2, -0.15) is 0 Å². The molecule has 31 heavy (non-hydrogen) atoms. The van der Waals surface area contributed by atoms with E-state index in [-0.39, 0.29) is 18.9 Å². The van der Waals surface area contributed by atoms with E-state index in [1.165, 1.54) is 6.92 Å². The Morgan fingerprint density at radius 2 is 1.61 bits per heavy atom. The molecular weight excluding hydrogens is 416 g/mol. The minimum Gasteiger partial charge on any atom is -0.480 e. The number of hydrogen-bond donors (Lipinski definition) is 9. The van der Waals surface area contributed by atoms with Crippen LogP contribution in [-0.4, -0.2) is 83.1 Å². The van der Waals surface area contributed by atoms with Gasteiger partial charge in [0.2, 0.25) is 23.6 Å². The zero-order valence-corrected chi connectivity index (χ0v) is 17.0. The van der Waals surface area contributed by atoms with E-state index in [9.17, 15) is 29.1 Å². The standard InChI is InChI=1S/C16H30N8O7/c1-7(25)12(24-13(29)8(17)3-2-4-21-16(19)20)15(31)23-9(5-10(18)26)14(30)22-6-11(27)28/h7-9,12,25H,2-6,17H2,1H3,(H2,18,26)(H,22,30)(H,23,31)(H,24,29)(H,27,28)(H4,19,20,21). The van der Waals surface area contributed by atoms with E-state index in [2.05, 4.69) is 15.6 Å². The molecule has 0 fully saturated rings. The van der Waals surface area contributed by atoms with Gasteiger partial charge in [0.15, 0.2) is 5.96 Å². The SMILES string of the molecule is CC(O)C(NC(=O)C(N)CCCN=C(N)N)C(=O)NC(CC(N)=O)C(=O)NCC(=O)O. The van der Waals surface area contributed by atoms with Crippen LogP contribution in [0.25, 0.3) is 0 Å². The smallest absolute Gasteiger partial charge is 0.322 e. The fraction of sp³-hybridized carbons (Fsp3) is 0.625. The van der Waals surface area contributed by atoms with Gasteiger partial charge < -0.3 is 49.1 Å². The number of amides is 4. The number of hydrogen-bond acceptors (Lipinski definition) is 8. The maximum Gasteiger partial charge on any atom is 0.322 e. The Balaban J connectivity index is 5.06. The highest BCUT2D eigenvalue weighted by atomic mass is 16.4. The van der Waals surface area contributed by atoms with E-state index in [1.54, 1.807) is 0 Å². The lowest BCUT2D eigenvalue weighted by molar-refractivity contribution is -0.139. The average Bonchev–Trinajstić information content (AvgIpc) is 2.65. The average molecular weight is 446 g/mol. The summed E-state index contributed by atoms with van der Waals surface area (Å²) in [6.07, 6.45) is -1.47. The number of carbonyl (C=O) groups excluding carboxylic acids is 4. The van der Waals surface area contributed by atoms with E-state index in [0.29, 0.717) is 6.42 Å². The first-order valence-corrected chi connectivity index (χ1v) is 9.22. The summed E-state index contributed by atoms with van der Waals surface area (Å²) in [5.41, 5.74) is 21.2. The minimum absolute atomic E-state index is 0.109. The normalized spacial score (nSPS) is 14.3. The Bertz CT molecular complexity index is 693. The highest BCUT2D eigenvalue weighted by molar-refractivity contribution is 5.95. The van der Waals surface area contributed by atoms with Crippen molar-refractivity contribution in [1.29, 1.82) is 0 Å². The maximum atomic E-state index is 12.5. The van der Waals surface area contributed by atoms with E-state index < -0.39 is 66.8 Å². The van der Waals surface area contributed by atoms with Gasteiger partial charge in [-0.05, 0) is 19.8 Å². The molecule has 15 heteroatoms. The molecule has 0 aliphatic rings. The van der Waals surface area contributed by atoms with Crippen molar-refractivity contribution in [2.75, 3.05) is 13.1 Å². The van der Waals surface area contributed by atoms with Crippen molar-refractivity contribution in [2.24, 2.45) is 27.9 Å². The number of rotatable bonds is 14. The second kappa shape index (κ2) is 13.7. The number of carboxylic acids is 1. The Morgan fingerprint density at radius 3 is 2.10 bits per heavy atom. The van der Waals surface area contributed by atoms with E-state index in [0.717, 1.165) is 0 Å². The summed E-state index contributed by atoms with van der Waals surface area (Å²) < 4.78 is 0. The van der Waals surface area contributed by atoms with Crippen LogP contribution in [0, 0.1) is 0 Å². The van der Waals surface area contributed by atoms with Gasteiger partial charge in [-0.25, -0.2) is 0 Å². The van der Waals surface area contributed by atoms with Gasteiger partial charge in [0.05, 0.1) is 18.6 Å². The van der Waals surface area contributed by atoms with Crippen LogP contribution in [0.5, 0.6) is 0 Å². The Labute approximate surface area is 178 Å². The molecule has 0 aliphatic heterocycles. The molecule has 0 spiro atoms. The quantitative estimate of drug-likeness (QED) is 0.0694. The maximum absolute atomic E-state index is 12.5. The third-order valence-corrected chi connectivity index (χ3v) is 3.82. The van der Waals surface area contributed by atoms with E-state index in [1.807, 2.05) is 5.32 Å². The summed E-state index contributed by atoms with van der Waals surface area (Å²) in [5, 5.41) is 24.9. The van der Waals surface area contributed by atoms with Crippen LogP contribution in [0.4, 0.5) is 0 Å². The lowest BCUT2D eigenvalue weighted by atomic mass is 10.1. The molecule has 0 aromatic heterocycles. The predicted octanol–water partition coefficient (Wildman–Crippen LogP) is -5.21. The van der Waals surface area contributed by atoms with Crippen LogP contribution in [0.2, 0.25) is 0 Å².